The number of aromatic nitrogens is 3. The molecule has 18 heavy (non-hydrogen) atoms. The summed E-state index contributed by atoms with van der Waals surface area (Å²) in [5.41, 5.74) is 1.86. The van der Waals surface area contributed by atoms with Crippen molar-refractivity contribution in [3.63, 3.8) is 0 Å². The molecule has 0 aliphatic carbocycles. The summed E-state index contributed by atoms with van der Waals surface area (Å²) < 4.78 is 0. The van der Waals surface area contributed by atoms with Crippen molar-refractivity contribution in [2.24, 2.45) is 0 Å². The van der Waals surface area contributed by atoms with Gasteiger partial charge in [0, 0.05) is 19.2 Å². The van der Waals surface area contributed by atoms with Gasteiger partial charge in [-0.2, -0.15) is 10.3 Å². The Morgan fingerprint density at radius 1 is 1.17 bits per heavy atom. The summed E-state index contributed by atoms with van der Waals surface area (Å²) in [7, 11) is 0. The quantitative estimate of drug-likeness (QED) is 0.646. The molecule has 1 aromatic carbocycles. The van der Waals surface area contributed by atoms with E-state index in [-0.39, 0.29) is 5.69 Å². The highest BCUT2D eigenvalue weighted by molar-refractivity contribution is 5.94. The van der Waals surface area contributed by atoms with Gasteiger partial charge < -0.3 is 4.90 Å². The number of non-ortho nitro benzene ring substituents is 1. The van der Waals surface area contributed by atoms with Crippen LogP contribution in [0.5, 0.6) is 0 Å². The molecule has 0 unspecified atom stereocenters. The number of nitrogens with one attached hydrogen (secondary N) is 1. The van der Waals surface area contributed by atoms with Crippen LogP contribution in [0.2, 0.25) is 0 Å². The van der Waals surface area contributed by atoms with Gasteiger partial charge in [-0.05, 0) is 25.3 Å². The van der Waals surface area contributed by atoms with Crippen molar-refractivity contribution >= 4 is 22.4 Å². The van der Waals surface area contributed by atoms with Crippen molar-refractivity contribution in [3.8, 4) is 0 Å². The van der Waals surface area contributed by atoms with Gasteiger partial charge in [-0.1, -0.05) is 0 Å². The molecule has 1 aromatic heterocycles. The largest absolute Gasteiger partial charge is 0.370 e. The summed E-state index contributed by atoms with van der Waals surface area (Å²) in [6.45, 7) is 1.94. The highest BCUT2D eigenvalue weighted by atomic mass is 16.6. The van der Waals surface area contributed by atoms with Crippen molar-refractivity contribution in [3.05, 3.63) is 22.2 Å². The van der Waals surface area contributed by atoms with E-state index in [0.717, 1.165) is 31.6 Å². The Morgan fingerprint density at radius 2 is 1.89 bits per heavy atom. The Kier molecular flexibility index (Phi) is 2.58. The Bertz CT molecular complexity index is 588. The van der Waals surface area contributed by atoms with Gasteiger partial charge >= 0.3 is 0 Å². The lowest BCUT2D eigenvalue weighted by Gasteiger charge is -2.28. The Morgan fingerprint density at radius 3 is 2.61 bits per heavy atom. The zero-order valence-electron chi connectivity index (χ0n) is 9.80. The molecule has 7 nitrogen and oxygen atoms in total. The van der Waals surface area contributed by atoms with Crippen LogP contribution >= 0.6 is 0 Å². The van der Waals surface area contributed by atoms with E-state index in [9.17, 15) is 10.1 Å². The maximum Gasteiger partial charge on any atom is 0.299 e. The van der Waals surface area contributed by atoms with Crippen LogP contribution in [0.15, 0.2) is 12.1 Å². The van der Waals surface area contributed by atoms with E-state index in [1.54, 1.807) is 6.07 Å². The van der Waals surface area contributed by atoms with Crippen LogP contribution in [0.25, 0.3) is 11.0 Å². The molecule has 0 spiro atoms. The lowest BCUT2D eigenvalue weighted by Crippen LogP contribution is -2.29. The molecule has 0 atom stereocenters. The molecule has 0 saturated carbocycles. The monoisotopic (exact) mass is 247 g/mol. The number of benzene rings is 1. The first-order valence-electron chi connectivity index (χ1n) is 6.00. The number of nitro benzene ring substituents is 1. The minimum atomic E-state index is -0.426. The van der Waals surface area contributed by atoms with E-state index >= 15 is 0 Å². The molecule has 2 aromatic rings. The molecule has 1 N–H and O–H groups in total. The summed E-state index contributed by atoms with van der Waals surface area (Å²) in [6.07, 6.45) is 3.54. The number of rotatable bonds is 2. The first-order chi connectivity index (χ1) is 8.77. The third kappa shape index (κ3) is 1.68. The van der Waals surface area contributed by atoms with Crippen LogP contribution in [0.4, 0.5) is 11.4 Å². The van der Waals surface area contributed by atoms with Crippen LogP contribution in [0, 0.1) is 10.1 Å². The topological polar surface area (TPSA) is 88.0 Å². The lowest BCUT2D eigenvalue weighted by atomic mass is 10.1. The van der Waals surface area contributed by atoms with Gasteiger partial charge in [0.2, 0.25) is 0 Å². The maximum atomic E-state index is 10.9. The van der Waals surface area contributed by atoms with Crippen molar-refractivity contribution in [1.29, 1.82) is 0 Å². The number of piperidine rings is 1. The van der Waals surface area contributed by atoms with Gasteiger partial charge in [0.25, 0.3) is 5.69 Å². The van der Waals surface area contributed by atoms with E-state index < -0.39 is 4.92 Å². The molecule has 94 valence electrons. The summed E-state index contributed by atoms with van der Waals surface area (Å²) in [5, 5.41) is 21.3. The van der Waals surface area contributed by atoms with Gasteiger partial charge in [0.05, 0.1) is 10.6 Å². The van der Waals surface area contributed by atoms with Crippen molar-refractivity contribution in [2.45, 2.75) is 19.3 Å². The fourth-order valence-corrected chi connectivity index (χ4v) is 2.44. The molecule has 3 rings (SSSR count). The van der Waals surface area contributed by atoms with E-state index in [0.29, 0.717) is 11.0 Å². The molecular weight excluding hydrogens is 234 g/mol. The second kappa shape index (κ2) is 4.25. The standard InChI is InChI=1S/C11H13N5O2/c17-16(18)9-5-4-8(10-11(9)13-14-12-10)15-6-2-1-3-7-15/h4-5H,1-3,6-7H2,(H,12,13,14). The predicted molar refractivity (Wildman–Crippen MR) is 66.6 cm³/mol. The normalized spacial score (nSPS) is 16.1. The van der Waals surface area contributed by atoms with Crippen LogP contribution in [0.3, 0.4) is 0 Å². The highest BCUT2D eigenvalue weighted by Gasteiger charge is 2.21. The number of nitro groups is 1. The smallest absolute Gasteiger partial charge is 0.299 e. The first kappa shape index (κ1) is 10.9. The number of hydrogen-bond donors (Lipinski definition) is 1. The summed E-state index contributed by atoms with van der Waals surface area (Å²) in [6, 6.07) is 3.28. The maximum absolute atomic E-state index is 10.9. The first-order valence-corrected chi connectivity index (χ1v) is 6.00. The molecule has 7 heteroatoms. The molecule has 1 aliphatic rings. The summed E-state index contributed by atoms with van der Waals surface area (Å²) >= 11 is 0. The van der Waals surface area contributed by atoms with Crippen molar-refractivity contribution in [1.82, 2.24) is 15.4 Å². The highest BCUT2D eigenvalue weighted by Crippen LogP contribution is 2.31. The van der Waals surface area contributed by atoms with Gasteiger partial charge in [0.15, 0.2) is 5.52 Å². The van der Waals surface area contributed by atoms with Crippen LogP contribution in [0.1, 0.15) is 19.3 Å². The molecule has 1 aliphatic heterocycles. The summed E-state index contributed by atoms with van der Waals surface area (Å²) in [5.74, 6) is 0. The van der Waals surface area contributed by atoms with E-state index in [4.69, 9.17) is 0 Å². The average Bonchev–Trinajstić information content (AvgIpc) is 2.87. The Labute approximate surface area is 103 Å². The van der Waals surface area contributed by atoms with Gasteiger partial charge in [-0.15, -0.1) is 5.10 Å². The molecule has 0 bridgehead atoms. The van der Waals surface area contributed by atoms with Crippen LogP contribution in [-0.2, 0) is 0 Å². The minimum Gasteiger partial charge on any atom is -0.370 e. The number of hydrogen-bond acceptors (Lipinski definition) is 5. The molecular formula is C11H13N5O2. The molecule has 0 amide bonds. The number of fused-ring (bicyclic) bond motifs is 1. The third-order valence-corrected chi connectivity index (χ3v) is 3.33. The second-order valence-corrected chi connectivity index (χ2v) is 4.43. The predicted octanol–water partition coefficient (Wildman–Crippen LogP) is 1.86. The average molecular weight is 247 g/mol. The number of nitrogens with zero attached hydrogens (tertiary/aromatic N) is 4. The lowest BCUT2D eigenvalue weighted by molar-refractivity contribution is -0.383. The van der Waals surface area contributed by atoms with Crippen LogP contribution in [-0.4, -0.2) is 33.4 Å². The van der Waals surface area contributed by atoms with Crippen LogP contribution < -0.4 is 4.90 Å². The van der Waals surface area contributed by atoms with E-state index in [1.807, 2.05) is 0 Å². The number of anilines is 1. The minimum absolute atomic E-state index is 0.000454. The van der Waals surface area contributed by atoms with Crippen molar-refractivity contribution < 1.29 is 4.92 Å². The Hall–Kier alpha value is -2.18. The van der Waals surface area contributed by atoms with Crippen molar-refractivity contribution in [2.75, 3.05) is 18.0 Å². The SMILES string of the molecule is O=[N+]([O-])c1ccc(N2CCCCC2)c2n[nH]nc12. The summed E-state index contributed by atoms with van der Waals surface area (Å²) in [4.78, 5) is 12.7. The Balaban J connectivity index is 2.10. The van der Waals surface area contributed by atoms with Gasteiger partial charge in [-0.25, -0.2) is 0 Å². The molecule has 2 heterocycles. The van der Waals surface area contributed by atoms with Gasteiger partial charge in [0.1, 0.15) is 5.52 Å². The molecule has 1 fully saturated rings. The molecule has 0 radical (unpaired) electrons. The second-order valence-electron chi connectivity index (χ2n) is 4.43. The fourth-order valence-electron chi connectivity index (χ4n) is 2.44. The van der Waals surface area contributed by atoms with E-state index in [2.05, 4.69) is 20.3 Å². The fraction of sp³-hybridized carbons (Fsp3) is 0.455. The van der Waals surface area contributed by atoms with Gasteiger partial charge in [-0.3, -0.25) is 10.1 Å². The number of H-pyrrole nitrogens is 1. The molecule has 1 saturated heterocycles. The zero-order valence-corrected chi connectivity index (χ0v) is 9.80. The third-order valence-electron chi connectivity index (χ3n) is 3.33. The number of aromatic amines is 1. The van der Waals surface area contributed by atoms with E-state index in [1.165, 1.54) is 12.5 Å². The zero-order chi connectivity index (χ0) is 12.5.